The molecule has 2 aromatic rings. The first-order valence-electron chi connectivity index (χ1n) is 9.01. The topological polar surface area (TPSA) is 74.4 Å². The first-order valence-corrected chi connectivity index (χ1v) is 9.01. The van der Waals surface area contributed by atoms with Gasteiger partial charge >= 0.3 is 5.97 Å². The van der Waals surface area contributed by atoms with Gasteiger partial charge in [-0.3, -0.25) is 9.69 Å². The number of ether oxygens (including phenoxy) is 1. The molecule has 1 aliphatic rings. The van der Waals surface area contributed by atoms with Gasteiger partial charge in [0, 0.05) is 16.9 Å². The number of amides is 1. The Bertz CT molecular complexity index is 818. The summed E-state index contributed by atoms with van der Waals surface area (Å²) in [7, 11) is 0. The number of halogens is 1. The van der Waals surface area contributed by atoms with Gasteiger partial charge in [-0.15, -0.1) is 0 Å². The highest BCUT2D eigenvalue weighted by Gasteiger charge is 2.24. The van der Waals surface area contributed by atoms with Gasteiger partial charge in [0.1, 0.15) is 11.5 Å². The molecule has 2 N–H and O–H groups in total. The summed E-state index contributed by atoms with van der Waals surface area (Å²) in [5.41, 5.74) is 0.969. The lowest BCUT2D eigenvalue weighted by atomic mass is 10.0. The number of anilines is 1. The third-order valence-corrected chi connectivity index (χ3v) is 4.79. The van der Waals surface area contributed by atoms with Crippen LogP contribution in [0.25, 0.3) is 10.9 Å². The Morgan fingerprint density at radius 3 is 2.92 bits per heavy atom. The zero-order valence-electron chi connectivity index (χ0n) is 15.1. The lowest BCUT2D eigenvalue weighted by Gasteiger charge is -2.32. The van der Waals surface area contributed by atoms with Crippen molar-refractivity contribution in [3.8, 4) is 0 Å². The summed E-state index contributed by atoms with van der Waals surface area (Å²) in [6.45, 7) is 5.14. The molecule has 1 fully saturated rings. The molecule has 3 rings (SSSR count). The van der Waals surface area contributed by atoms with Gasteiger partial charge in [0.05, 0.1) is 18.8 Å². The second kappa shape index (κ2) is 7.86. The number of hydrogen-bond acceptors (Lipinski definition) is 4. The van der Waals surface area contributed by atoms with Gasteiger partial charge in [-0.25, -0.2) is 9.18 Å². The highest BCUT2D eigenvalue weighted by atomic mass is 19.1. The quantitative estimate of drug-likeness (QED) is 0.802. The van der Waals surface area contributed by atoms with E-state index in [0.29, 0.717) is 16.9 Å². The Morgan fingerprint density at radius 1 is 1.38 bits per heavy atom. The molecule has 26 heavy (non-hydrogen) atoms. The van der Waals surface area contributed by atoms with Gasteiger partial charge in [-0.1, -0.05) is 6.42 Å². The van der Waals surface area contributed by atoms with Crippen molar-refractivity contribution in [2.24, 2.45) is 0 Å². The SMILES string of the molecule is CCOC(=O)c1[nH]c2ccc(F)cc2c1NC(=O)CN1CCCCC1C. The van der Waals surface area contributed by atoms with Gasteiger partial charge in [0.25, 0.3) is 0 Å². The minimum Gasteiger partial charge on any atom is -0.461 e. The highest BCUT2D eigenvalue weighted by molar-refractivity contribution is 6.11. The normalized spacial score (nSPS) is 18.0. The number of nitrogens with zero attached hydrogens (tertiary/aromatic N) is 1. The summed E-state index contributed by atoms with van der Waals surface area (Å²) in [5, 5.41) is 3.24. The van der Waals surface area contributed by atoms with E-state index in [1.807, 2.05) is 0 Å². The number of benzene rings is 1. The molecule has 0 aliphatic carbocycles. The number of esters is 1. The summed E-state index contributed by atoms with van der Waals surface area (Å²) in [4.78, 5) is 29.9. The summed E-state index contributed by atoms with van der Waals surface area (Å²) in [5.74, 6) is -1.24. The average Bonchev–Trinajstić information content (AvgIpc) is 2.95. The van der Waals surface area contributed by atoms with Gasteiger partial charge < -0.3 is 15.0 Å². The molecule has 1 unspecified atom stereocenters. The lowest BCUT2D eigenvalue weighted by molar-refractivity contribution is -0.118. The Balaban J connectivity index is 1.87. The Hall–Kier alpha value is -2.41. The van der Waals surface area contributed by atoms with Crippen LogP contribution < -0.4 is 5.32 Å². The minimum absolute atomic E-state index is 0.132. The van der Waals surface area contributed by atoms with Gasteiger partial charge in [0.2, 0.25) is 5.91 Å². The monoisotopic (exact) mass is 361 g/mol. The maximum Gasteiger partial charge on any atom is 0.356 e. The molecule has 1 amide bonds. The third-order valence-electron chi connectivity index (χ3n) is 4.79. The van der Waals surface area contributed by atoms with Crippen molar-refractivity contribution < 1.29 is 18.7 Å². The molecule has 1 aromatic heterocycles. The maximum absolute atomic E-state index is 13.7. The van der Waals surface area contributed by atoms with Gasteiger partial charge in [-0.05, 0) is 51.4 Å². The van der Waals surface area contributed by atoms with Crippen LogP contribution in [-0.2, 0) is 9.53 Å². The number of rotatable bonds is 5. The molecule has 0 bridgehead atoms. The molecular formula is C19H24FN3O3. The van der Waals surface area contributed by atoms with Crippen molar-refractivity contribution in [1.29, 1.82) is 0 Å². The van der Waals surface area contributed by atoms with Crippen LogP contribution in [0.1, 0.15) is 43.6 Å². The molecule has 1 saturated heterocycles. The van der Waals surface area contributed by atoms with Crippen LogP contribution in [0.4, 0.5) is 10.1 Å². The number of aromatic nitrogens is 1. The van der Waals surface area contributed by atoms with Crippen molar-refractivity contribution in [3.63, 3.8) is 0 Å². The molecule has 0 radical (unpaired) electrons. The number of carbonyl (C=O) groups excluding carboxylic acids is 2. The van der Waals surface area contributed by atoms with E-state index < -0.39 is 11.8 Å². The summed E-state index contributed by atoms with van der Waals surface area (Å²) < 4.78 is 18.7. The number of H-pyrrole nitrogens is 1. The van der Waals surface area contributed by atoms with Crippen LogP contribution in [0.3, 0.4) is 0 Å². The fourth-order valence-corrected chi connectivity index (χ4v) is 3.41. The summed E-state index contributed by atoms with van der Waals surface area (Å²) in [6.07, 6.45) is 3.32. The average molecular weight is 361 g/mol. The standard InChI is InChI=1S/C19H24FN3O3/c1-3-26-19(25)18-17(14-10-13(20)7-8-15(14)21-18)22-16(24)11-23-9-5-4-6-12(23)2/h7-8,10,12,21H,3-6,9,11H2,1-2H3,(H,22,24). The maximum atomic E-state index is 13.7. The number of piperidine rings is 1. The van der Waals surface area contributed by atoms with E-state index in [1.165, 1.54) is 24.6 Å². The van der Waals surface area contributed by atoms with E-state index in [4.69, 9.17) is 4.74 Å². The molecule has 0 spiro atoms. The molecule has 0 saturated carbocycles. The molecule has 6 nitrogen and oxygen atoms in total. The van der Waals surface area contributed by atoms with E-state index >= 15 is 0 Å². The Morgan fingerprint density at radius 2 is 2.19 bits per heavy atom. The molecular weight excluding hydrogens is 337 g/mol. The van der Waals surface area contributed by atoms with E-state index in [2.05, 4.69) is 22.1 Å². The van der Waals surface area contributed by atoms with Crippen LogP contribution in [0.2, 0.25) is 0 Å². The minimum atomic E-state index is -0.578. The van der Waals surface area contributed by atoms with Gasteiger partial charge in [-0.2, -0.15) is 0 Å². The lowest BCUT2D eigenvalue weighted by Crippen LogP contribution is -2.42. The fraction of sp³-hybridized carbons (Fsp3) is 0.474. The fourth-order valence-electron chi connectivity index (χ4n) is 3.41. The molecule has 7 heteroatoms. The van der Waals surface area contributed by atoms with Crippen molar-refractivity contribution in [2.45, 2.75) is 39.2 Å². The second-order valence-electron chi connectivity index (χ2n) is 6.65. The second-order valence-corrected chi connectivity index (χ2v) is 6.65. The largest absolute Gasteiger partial charge is 0.461 e. The molecule has 140 valence electrons. The van der Waals surface area contributed by atoms with Crippen LogP contribution in [0.15, 0.2) is 18.2 Å². The summed E-state index contributed by atoms with van der Waals surface area (Å²) >= 11 is 0. The first-order chi connectivity index (χ1) is 12.5. The van der Waals surface area contributed by atoms with Crippen molar-refractivity contribution in [3.05, 3.63) is 29.7 Å². The third kappa shape index (κ3) is 3.88. The van der Waals surface area contributed by atoms with Gasteiger partial charge in [0.15, 0.2) is 0 Å². The van der Waals surface area contributed by atoms with Crippen LogP contribution in [0.5, 0.6) is 0 Å². The van der Waals surface area contributed by atoms with Crippen molar-refractivity contribution in [1.82, 2.24) is 9.88 Å². The van der Waals surface area contributed by atoms with E-state index in [0.717, 1.165) is 19.4 Å². The first kappa shape index (κ1) is 18.4. The van der Waals surface area contributed by atoms with Crippen LogP contribution in [-0.4, -0.2) is 47.5 Å². The zero-order valence-corrected chi connectivity index (χ0v) is 15.1. The predicted molar refractivity (Wildman–Crippen MR) is 97.7 cm³/mol. The molecule has 1 aliphatic heterocycles. The number of hydrogen-bond donors (Lipinski definition) is 2. The van der Waals surface area contributed by atoms with Crippen LogP contribution in [0, 0.1) is 5.82 Å². The van der Waals surface area contributed by atoms with E-state index in [9.17, 15) is 14.0 Å². The smallest absolute Gasteiger partial charge is 0.356 e. The summed E-state index contributed by atoms with van der Waals surface area (Å²) in [6, 6.07) is 4.48. The van der Waals surface area contributed by atoms with Crippen molar-refractivity contribution >= 4 is 28.5 Å². The number of aromatic amines is 1. The van der Waals surface area contributed by atoms with Crippen LogP contribution >= 0.6 is 0 Å². The number of nitrogens with one attached hydrogen (secondary N) is 2. The zero-order chi connectivity index (χ0) is 18.7. The number of fused-ring (bicyclic) bond motifs is 1. The predicted octanol–water partition coefficient (Wildman–Crippen LogP) is 3.30. The molecule has 1 atom stereocenters. The van der Waals surface area contributed by atoms with E-state index in [-0.39, 0.29) is 30.4 Å². The van der Waals surface area contributed by atoms with Crippen molar-refractivity contribution in [2.75, 3.05) is 25.0 Å². The highest BCUT2D eigenvalue weighted by Crippen LogP contribution is 2.29. The Kier molecular flexibility index (Phi) is 5.56. The number of carbonyl (C=O) groups is 2. The molecule has 1 aromatic carbocycles. The van der Waals surface area contributed by atoms with E-state index in [1.54, 1.807) is 6.92 Å². The Labute approximate surface area is 151 Å². The number of likely N-dealkylation sites (tertiary alicyclic amines) is 1. The molecule has 2 heterocycles.